The van der Waals surface area contributed by atoms with Gasteiger partial charge < -0.3 is 5.73 Å². The average Bonchev–Trinajstić information content (AvgIpc) is 3.06. The highest BCUT2D eigenvalue weighted by Crippen LogP contribution is 2.45. The third kappa shape index (κ3) is 2.30. The third-order valence-corrected chi connectivity index (χ3v) is 5.78. The van der Waals surface area contributed by atoms with Crippen molar-refractivity contribution in [3.63, 3.8) is 0 Å². The largest absolute Gasteiger partial charge is 0.351 e. The topological polar surface area (TPSA) is 59.2 Å². The number of carbonyl (C=O) groups is 1. The second-order valence-corrected chi connectivity index (χ2v) is 7.22. The number of benzene rings is 1. The number of primary amides is 1. The van der Waals surface area contributed by atoms with Gasteiger partial charge in [-0.05, 0) is 36.3 Å². The second kappa shape index (κ2) is 4.82. The molecule has 1 fully saturated rings. The summed E-state index contributed by atoms with van der Waals surface area (Å²) in [6, 6.07) is 9.56. The number of amides is 2. The Morgan fingerprint density at radius 1 is 1.29 bits per heavy atom. The van der Waals surface area contributed by atoms with Crippen LogP contribution in [-0.2, 0) is 0 Å². The number of nitrogens with zero attached hydrogens (tertiary/aromatic N) is 2. The molecule has 0 saturated heterocycles. The third-order valence-electron chi connectivity index (χ3n) is 3.54. The Bertz CT molecular complexity index is 786. The van der Waals surface area contributed by atoms with Crippen molar-refractivity contribution in [2.75, 3.05) is 4.90 Å². The van der Waals surface area contributed by atoms with Crippen LogP contribution in [0.2, 0.25) is 0 Å². The van der Waals surface area contributed by atoms with Gasteiger partial charge in [0.1, 0.15) is 5.00 Å². The molecule has 2 aromatic heterocycles. The Morgan fingerprint density at radius 3 is 2.81 bits per heavy atom. The molecule has 0 unspecified atom stereocenters. The number of hydrogen-bond acceptors (Lipinski definition) is 4. The summed E-state index contributed by atoms with van der Waals surface area (Å²) in [5, 5.41) is 2.60. The molecular formula is C15H13N3OS2. The van der Waals surface area contributed by atoms with Crippen molar-refractivity contribution in [2.24, 2.45) is 5.73 Å². The molecule has 21 heavy (non-hydrogen) atoms. The first kappa shape index (κ1) is 12.8. The predicted molar refractivity (Wildman–Crippen MR) is 87.6 cm³/mol. The summed E-state index contributed by atoms with van der Waals surface area (Å²) in [4.78, 5) is 19.1. The highest BCUT2D eigenvalue weighted by molar-refractivity contribution is 7.23. The van der Waals surface area contributed by atoms with Crippen molar-refractivity contribution < 1.29 is 4.79 Å². The number of fused-ring (bicyclic) bond motifs is 1. The highest BCUT2D eigenvalue weighted by atomic mass is 32.1. The van der Waals surface area contributed by atoms with Gasteiger partial charge in [0, 0.05) is 15.8 Å². The fraction of sp³-hybridized carbons (Fsp3) is 0.200. The number of thiophene rings is 1. The maximum Gasteiger partial charge on any atom is 0.326 e. The molecule has 0 spiro atoms. The van der Waals surface area contributed by atoms with Crippen molar-refractivity contribution in [1.29, 1.82) is 0 Å². The van der Waals surface area contributed by atoms with Crippen LogP contribution in [0.3, 0.4) is 0 Å². The van der Waals surface area contributed by atoms with E-state index in [1.54, 1.807) is 22.7 Å². The standard InChI is InChI=1S/C15H13N3OS2/c16-14(19)18(15-17-8-12(21-15)9-5-6-9)13-7-10-3-1-2-4-11(10)20-13/h1-4,7-9H,5-6H2,(H2,16,19). The molecule has 4 rings (SSSR count). The van der Waals surface area contributed by atoms with Crippen molar-refractivity contribution in [3.05, 3.63) is 41.4 Å². The monoisotopic (exact) mass is 315 g/mol. The summed E-state index contributed by atoms with van der Waals surface area (Å²) in [5.41, 5.74) is 5.58. The number of anilines is 2. The van der Waals surface area contributed by atoms with Crippen LogP contribution in [0, 0.1) is 0 Å². The number of thiazole rings is 1. The van der Waals surface area contributed by atoms with Crippen LogP contribution < -0.4 is 10.6 Å². The van der Waals surface area contributed by atoms with Crippen molar-refractivity contribution in [1.82, 2.24) is 4.98 Å². The Labute approximate surface area is 129 Å². The van der Waals surface area contributed by atoms with E-state index in [9.17, 15) is 4.79 Å². The lowest BCUT2D eigenvalue weighted by atomic mass is 10.3. The average molecular weight is 315 g/mol. The van der Waals surface area contributed by atoms with Gasteiger partial charge in [-0.25, -0.2) is 14.7 Å². The van der Waals surface area contributed by atoms with E-state index in [4.69, 9.17) is 5.73 Å². The Morgan fingerprint density at radius 2 is 2.10 bits per heavy atom. The van der Waals surface area contributed by atoms with Gasteiger partial charge in [-0.3, -0.25) is 0 Å². The van der Waals surface area contributed by atoms with Crippen LogP contribution in [-0.4, -0.2) is 11.0 Å². The molecule has 3 aromatic rings. The minimum atomic E-state index is -0.488. The van der Waals surface area contributed by atoms with Crippen LogP contribution in [0.5, 0.6) is 0 Å². The van der Waals surface area contributed by atoms with E-state index in [-0.39, 0.29) is 0 Å². The molecule has 2 N–H and O–H groups in total. The molecule has 0 atom stereocenters. The van der Waals surface area contributed by atoms with E-state index in [1.165, 1.54) is 22.6 Å². The fourth-order valence-corrected chi connectivity index (χ4v) is 4.54. The molecule has 1 saturated carbocycles. The lowest BCUT2D eigenvalue weighted by Gasteiger charge is -2.14. The number of hydrogen-bond donors (Lipinski definition) is 1. The lowest BCUT2D eigenvalue weighted by molar-refractivity contribution is 0.256. The van der Waals surface area contributed by atoms with Crippen LogP contribution in [0.1, 0.15) is 23.6 Å². The normalized spacial score (nSPS) is 14.5. The summed E-state index contributed by atoms with van der Waals surface area (Å²) in [6.07, 6.45) is 4.32. The van der Waals surface area contributed by atoms with Gasteiger partial charge in [0.15, 0.2) is 5.13 Å². The summed E-state index contributed by atoms with van der Waals surface area (Å²) in [6.45, 7) is 0. The molecule has 4 nitrogen and oxygen atoms in total. The van der Waals surface area contributed by atoms with Gasteiger partial charge in [0.05, 0.1) is 0 Å². The summed E-state index contributed by atoms with van der Waals surface area (Å²) in [5.74, 6) is 0.633. The highest BCUT2D eigenvalue weighted by Gasteiger charge is 2.28. The molecule has 1 aromatic carbocycles. The number of urea groups is 1. The van der Waals surface area contributed by atoms with Gasteiger partial charge in [0.25, 0.3) is 0 Å². The maximum atomic E-state index is 11.9. The molecule has 106 valence electrons. The number of carbonyl (C=O) groups excluding carboxylic acids is 1. The van der Waals surface area contributed by atoms with Crippen LogP contribution >= 0.6 is 22.7 Å². The quantitative estimate of drug-likeness (QED) is 0.776. The molecule has 1 aliphatic rings. The smallest absolute Gasteiger partial charge is 0.326 e. The zero-order valence-electron chi connectivity index (χ0n) is 11.2. The summed E-state index contributed by atoms with van der Waals surface area (Å²) >= 11 is 3.12. The first-order chi connectivity index (χ1) is 10.2. The van der Waals surface area contributed by atoms with Gasteiger partial charge >= 0.3 is 6.03 Å². The van der Waals surface area contributed by atoms with Crippen LogP contribution in [0.4, 0.5) is 14.9 Å². The molecule has 6 heteroatoms. The van der Waals surface area contributed by atoms with Gasteiger partial charge in [-0.15, -0.1) is 22.7 Å². The minimum absolute atomic E-state index is 0.488. The zero-order chi connectivity index (χ0) is 14.4. The van der Waals surface area contributed by atoms with Crippen molar-refractivity contribution in [2.45, 2.75) is 18.8 Å². The maximum absolute atomic E-state index is 11.9. The molecule has 2 heterocycles. The molecule has 0 aliphatic heterocycles. The van der Waals surface area contributed by atoms with Gasteiger partial charge in [0.2, 0.25) is 0 Å². The molecule has 2 amide bonds. The predicted octanol–water partition coefficient (Wildman–Crippen LogP) is 4.45. The first-order valence-corrected chi connectivity index (χ1v) is 8.39. The van der Waals surface area contributed by atoms with E-state index >= 15 is 0 Å². The first-order valence-electron chi connectivity index (χ1n) is 6.76. The van der Waals surface area contributed by atoms with Crippen LogP contribution in [0.15, 0.2) is 36.5 Å². The summed E-state index contributed by atoms with van der Waals surface area (Å²) in [7, 11) is 0. The minimum Gasteiger partial charge on any atom is -0.351 e. The van der Waals surface area contributed by atoms with E-state index in [0.29, 0.717) is 11.0 Å². The SMILES string of the molecule is NC(=O)N(c1cc2ccccc2s1)c1ncc(C2CC2)s1. The lowest BCUT2D eigenvalue weighted by Crippen LogP contribution is -2.30. The number of aromatic nitrogens is 1. The Hall–Kier alpha value is -1.92. The second-order valence-electron chi connectivity index (χ2n) is 5.12. The van der Waals surface area contributed by atoms with Gasteiger partial charge in [-0.2, -0.15) is 0 Å². The molecule has 0 radical (unpaired) electrons. The fourth-order valence-electron chi connectivity index (χ4n) is 2.31. The van der Waals surface area contributed by atoms with E-state index in [2.05, 4.69) is 4.98 Å². The van der Waals surface area contributed by atoms with Crippen LogP contribution in [0.25, 0.3) is 10.1 Å². The molecule has 0 bridgehead atoms. The van der Waals surface area contributed by atoms with E-state index in [0.717, 1.165) is 15.1 Å². The number of nitrogens with two attached hydrogens (primary N) is 1. The van der Waals surface area contributed by atoms with Crippen molar-refractivity contribution >= 4 is 48.9 Å². The molecule has 1 aliphatic carbocycles. The molecular weight excluding hydrogens is 302 g/mol. The van der Waals surface area contributed by atoms with Gasteiger partial charge in [-0.1, -0.05) is 18.2 Å². The Balaban J connectivity index is 1.77. The zero-order valence-corrected chi connectivity index (χ0v) is 12.8. The Kier molecular flexibility index (Phi) is 2.94. The summed E-state index contributed by atoms with van der Waals surface area (Å²) < 4.78 is 1.14. The van der Waals surface area contributed by atoms with E-state index < -0.39 is 6.03 Å². The van der Waals surface area contributed by atoms with E-state index in [1.807, 2.05) is 36.5 Å². The van der Waals surface area contributed by atoms with Crippen molar-refractivity contribution in [3.8, 4) is 0 Å². The number of rotatable bonds is 3.